The molecule has 17 heteroatoms. The minimum absolute atomic E-state index is 0.148. The van der Waals surface area contributed by atoms with Crippen LogP contribution in [0.25, 0.3) is 0 Å². The maximum atomic E-state index is 13.6. The first-order valence-corrected chi connectivity index (χ1v) is 7.53. The van der Waals surface area contributed by atoms with E-state index in [9.17, 15) is 66.7 Å². The molecule has 0 aromatic rings. The van der Waals surface area contributed by atoms with Crippen molar-refractivity contribution in [1.82, 2.24) is 5.32 Å². The summed E-state index contributed by atoms with van der Waals surface area (Å²) in [4.78, 5) is 22.0. The monoisotopic (exact) mass is 477 g/mol. The molecule has 0 heterocycles. The number of nitrogens with one attached hydrogen (secondary N) is 1. The van der Waals surface area contributed by atoms with Gasteiger partial charge in [-0.1, -0.05) is 19.8 Å². The van der Waals surface area contributed by atoms with Gasteiger partial charge in [-0.15, -0.1) is 0 Å². The lowest BCUT2D eigenvalue weighted by molar-refractivity contribution is -0.436. The number of halogens is 13. The van der Waals surface area contributed by atoms with Gasteiger partial charge in [-0.2, -0.15) is 57.1 Å². The number of carbonyl (C=O) groups excluding carboxylic acids is 1. The van der Waals surface area contributed by atoms with Gasteiger partial charge in [-0.05, 0) is 6.42 Å². The van der Waals surface area contributed by atoms with Gasteiger partial charge >= 0.3 is 41.8 Å². The van der Waals surface area contributed by atoms with E-state index in [0.29, 0.717) is 5.32 Å². The van der Waals surface area contributed by atoms with E-state index >= 15 is 0 Å². The van der Waals surface area contributed by atoms with E-state index in [2.05, 4.69) is 0 Å². The molecule has 1 atom stereocenters. The van der Waals surface area contributed by atoms with Crippen molar-refractivity contribution in [3.8, 4) is 0 Å². The second-order valence-electron chi connectivity index (χ2n) is 5.88. The third-order valence-electron chi connectivity index (χ3n) is 3.67. The number of carbonyl (C=O) groups is 2. The standard InChI is InChI=1S/C13H12F13NO3/c1-2-3-4-5(6(28)29)27-7(30)8(14,15)9(16,17)10(18,19)11(20,21)12(22,23)13(24,25)26/h5H,2-4H2,1H3,(H,27,30)(H,28,29). The Morgan fingerprint density at radius 2 is 1.17 bits per heavy atom. The van der Waals surface area contributed by atoms with Crippen molar-refractivity contribution >= 4 is 11.9 Å². The Labute approximate surface area is 158 Å². The molecule has 30 heavy (non-hydrogen) atoms. The molecule has 0 saturated carbocycles. The Balaban J connectivity index is 6.17. The van der Waals surface area contributed by atoms with E-state index in [1.54, 1.807) is 0 Å². The van der Waals surface area contributed by atoms with Gasteiger partial charge in [-0.25, -0.2) is 4.79 Å². The highest BCUT2D eigenvalue weighted by Crippen LogP contribution is 2.60. The number of carboxylic acid groups (broad SMARTS) is 1. The molecule has 1 amide bonds. The summed E-state index contributed by atoms with van der Waals surface area (Å²) < 4.78 is 168. The fourth-order valence-electron chi connectivity index (χ4n) is 1.83. The van der Waals surface area contributed by atoms with Crippen LogP contribution in [0.5, 0.6) is 0 Å². The van der Waals surface area contributed by atoms with Crippen LogP contribution in [0.2, 0.25) is 0 Å². The number of amides is 1. The maximum absolute atomic E-state index is 13.6. The molecule has 0 spiro atoms. The maximum Gasteiger partial charge on any atom is 0.460 e. The number of carboxylic acids is 1. The Bertz CT molecular complexity index is 645. The first kappa shape index (κ1) is 28.0. The molecule has 0 aliphatic carbocycles. The summed E-state index contributed by atoms with van der Waals surface area (Å²) in [5.41, 5.74) is 0. The van der Waals surface area contributed by atoms with Gasteiger partial charge in [0.05, 0.1) is 0 Å². The first-order valence-electron chi connectivity index (χ1n) is 7.53. The van der Waals surface area contributed by atoms with E-state index in [4.69, 9.17) is 5.11 Å². The van der Waals surface area contributed by atoms with Crippen molar-refractivity contribution in [1.29, 1.82) is 0 Å². The van der Waals surface area contributed by atoms with Crippen molar-refractivity contribution in [3.63, 3.8) is 0 Å². The van der Waals surface area contributed by atoms with Crippen LogP contribution < -0.4 is 5.32 Å². The summed E-state index contributed by atoms with van der Waals surface area (Å²) in [6.07, 6.45) is -8.28. The van der Waals surface area contributed by atoms with Gasteiger partial charge < -0.3 is 10.4 Å². The van der Waals surface area contributed by atoms with Crippen molar-refractivity contribution in [2.45, 2.75) is 68.0 Å². The molecule has 0 fully saturated rings. The molecule has 4 nitrogen and oxygen atoms in total. The lowest BCUT2D eigenvalue weighted by atomic mass is 9.93. The molecule has 0 aromatic heterocycles. The molecular weight excluding hydrogens is 465 g/mol. The van der Waals surface area contributed by atoms with E-state index in [0.717, 1.165) is 0 Å². The average molecular weight is 477 g/mol. The van der Waals surface area contributed by atoms with E-state index in [1.807, 2.05) is 0 Å². The number of unbranched alkanes of at least 4 members (excludes halogenated alkanes) is 1. The number of aliphatic carboxylic acids is 1. The Morgan fingerprint density at radius 1 is 0.767 bits per heavy atom. The Hall–Kier alpha value is -1.97. The summed E-state index contributed by atoms with van der Waals surface area (Å²) in [5.74, 6) is -44.8. The van der Waals surface area contributed by atoms with E-state index < -0.39 is 60.1 Å². The summed E-state index contributed by atoms with van der Waals surface area (Å²) in [6, 6.07) is -2.41. The van der Waals surface area contributed by atoms with Crippen molar-refractivity contribution in [2.24, 2.45) is 0 Å². The van der Waals surface area contributed by atoms with Crippen molar-refractivity contribution < 1.29 is 71.8 Å². The molecule has 0 rings (SSSR count). The lowest BCUT2D eigenvalue weighted by Crippen LogP contribution is -2.72. The minimum Gasteiger partial charge on any atom is -0.480 e. The molecule has 2 N–H and O–H groups in total. The molecule has 0 aliphatic rings. The normalized spacial score (nSPS) is 15.7. The number of hydrogen-bond donors (Lipinski definition) is 2. The molecular formula is C13H12F13NO3. The predicted octanol–water partition coefficient (Wildman–Crippen LogP) is 4.48. The first-order chi connectivity index (χ1) is 13.0. The van der Waals surface area contributed by atoms with Gasteiger partial charge in [0.15, 0.2) is 0 Å². The average Bonchev–Trinajstić information content (AvgIpc) is 2.56. The smallest absolute Gasteiger partial charge is 0.460 e. The number of hydrogen-bond acceptors (Lipinski definition) is 2. The van der Waals surface area contributed by atoms with Crippen LogP contribution in [0.3, 0.4) is 0 Å². The zero-order valence-corrected chi connectivity index (χ0v) is 14.4. The third kappa shape index (κ3) is 4.38. The number of alkyl halides is 13. The second-order valence-corrected chi connectivity index (χ2v) is 5.88. The van der Waals surface area contributed by atoms with Crippen LogP contribution in [0.4, 0.5) is 57.1 Å². The highest BCUT2D eigenvalue weighted by molar-refractivity contribution is 5.89. The van der Waals surface area contributed by atoms with Gasteiger partial charge in [0.2, 0.25) is 0 Å². The van der Waals surface area contributed by atoms with Crippen LogP contribution >= 0.6 is 0 Å². The molecule has 0 aromatic carbocycles. The van der Waals surface area contributed by atoms with Crippen LogP contribution in [-0.4, -0.2) is 58.8 Å². The second kappa shape index (κ2) is 8.28. The molecule has 0 bridgehead atoms. The van der Waals surface area contributed by atoms with Gasteiger partial charge in [0.25, 0.3) is 5.91 Å². The van der Waals surface area contributed by atoms with Gasteiger partial charge in [-0.3, -0.25) is 4.79 Å². The summed E-state index contributed by atoms with van der Waals surface area (Å²) in [7, 11) is 0. The van der Waals surface area contributed by atoms with E-state index in [-0.39, 0.29) is 12.8 Å². The van der Waals surface area contributed by atoms with Crippen LogP contribution in [0, 0.1) is 0 Å². The van der Waals surface area contributed by atoms with Gasteiger partial charge in [0.1, 0.15) is 6.04 Å². The zero-order chi connectivity index (χ0) is 24.6. The third-order valence-corrected chi connectivity index (χ3v) is 3.67. The summed E-state index contributed by atoms with van der Waals surface area (Å²) >= 11 is 0. The van der Waals surface area contributed by atoms with Crippen molar-refractivity contribution in [2.75, 3.05) is 0 Å². The summed E-state index contributed by atoms with van der Waals surface area (Å²) in [5, 5.41) is 9.30. The molecule has 0 aliphatic heterocycles. The topological polar surface area (TPSA) is 66.4 Å². The SMILES string of the molecule is CCCCC(NC(=O)C(F)(F)C(F)(F)C(F)(F)C(F)(F)C(F)(F)C(F)(F)F)C(=O)O. The molecule has 0 saturated heterocycles. The molecule has 178 valence electrons. The Kier molecular flexibility index (Phi) is 7.74. The summed E-state index contributed by atoms with van der Waals surface area (Å²) in [6.45, 7) is 1.41. The fraction of sp³-hybridized carbons (Fsp3) is 0.846. The van der Waals surface area contributed by atoms with Crippen LogP contribution in [0.1, 0.15) is 26.2 Å². The van der Waals surface area contributed by atoms with Gasteiger partial charge in [0, 0.05) is 0 Å². The lowest BCUT2D eigenvalue weighted by Gasteiger charge is -2.39. The predicted molar refractivity (Wildman–Crippen MR) is 69.9 cm³/mol. The van der Waals surface area contributed by atoms with Crippen LogP contribution in [0.15, 0.2) is 0 Å². The quantitative estimate of drug-likeness (QED) is 0.456. The zero-order valence-electron chi connectivity index (χ0n) is 14.4. The van der Waals surface area contributed by atoms with Crippen LogP contribution in [-0.2, 0) is 9.59 Å². The van der Waals surface area contributed by atoms with Crippen molar-refractivity contribution in [3.05, 3.63) is 0 Å². The fourth-order valence-corrected chi connectivity index (χ4v) is 1.83. The Morgan fingerprint density at radius 3 is 1.50 bits per heavy atom. The highest BCUT2D eigenvalue weighted by Gasteiger charge is 2.91. The molecule has 1 unspecified atom stereocenters. The minimum atomic E-state index is -8.14. The van der Waals surface area contributed by atoms with E-state index in [1.165, 1.54) is 6.92 Å². The molecule has 0 radical (unpaired) electrons. The largest absolute Gasteiger partial charge is 0.480 e. The number of rotatable bonds is 10. The highest BCUT2D eigenvalue weighted by atomic mass is 19.4.